The first-order valence-corrected chi connectivity index (χ1v) is 5.54. The highest BCUT2D eigenvalue weighted by molar-refractivity contribution is 5.07. The molecule has 0 aromatic heterocycles. The zero-order valence-electron chi connectivity index (χ0n) is 8.37. The molecule has 2 nitrogen and oxygen atoms in total. The van der Waals surface area contributed by atoms with Crippen LogP contribution in [0.1, 0.15) is 45.4 Å². The van der Waals surface area contributed by atoms with Crippen molar-refractivity contribution in [1.82, 2.24) is 0 Å². The van der Waals surface area contributed by atoms with E-state index in [1.165, 1.54) is 0 Å². The number of hydrogen-bond acceptors (Lipinski definition) is 2. The van der Waals surface area contributed by atoms with Crippen LogP contribution in [-0.4, -0.2) is 21.9 Å². The number of fused-ring (bicyclic) bond motifs is 1. The van der Waals surface area contributed by atoms with E-state index in [9.17, 15) is 10.2 Å². The molecule has 3 saturated carbocycles. The molecule has 0 heterocycles. The molecular weight excluding hydrogens is 164 g/mol. The van der Waals surface area contributed by atoms with Gasteiger partial charge in [0.15, 0.2) is 0 Å². The molecule has 2 bridgehead atoms. The lowest BCUT2D eigenvalue weighted by Crippen LogP contribution is -2.40. The van der Waals surface area contributed by atoms with E-state index in [1.54, 1.807) is 0 Å². The Labute approximate surface area is 80.0 Å². The van der Waals surface area contributed by atoms with Gasteiger partial charge in [-0.25, -0.2) is 0 Å². The molecule has 0 saturated heterocycles. The van der Waals surface area contributed by atoms with Gasteiger partial charge < -0.3 is 10.2 Å². The second-order valence-corrected chi connectivity index (χ2v) is 4.99. The summed E-state index contributed by atoms with van der Waals surface area (Å²) in [7, 11) is 0. The summed E-state index contributed by atoms with van der Waals surface area (Å²) in [6.45, 7) is 2.09. The van der Waals surface area contributed by atoms with Crippen LogP contribution in [0, 0.1) is 11.8 Å². The van der Waals surface area contributed by atoms with Crippen molar-refractivity contribution in [2.45, 2.75) is 57.2 Å². The van der Waals surface area contributed by atoms with E-state index >= 15 is 0 Å². The maximum Gasteiger partial charge on any atom is 0.0682 e. The first-order chi connectivity index (χ1) is 6.14. The smallest absolute Gasteiger partial charge is 0.0682 e. The quantitative estimate of drug-likeness (QED) is 0.698. The van der Waals surface area contributed by atoms with Crippen molar-refractivity contribution < 1.29 is 10.2 Å². The van der Waals surface area contributed by atoms with Gasteiger partial charge in [0.1, 0.15) is 0 Å². The summed E-state index contributed by atoms with van der Waals surface area (Å²) < 4.78 is 0. The molecule has 2 unspecified atom stereocenters. The topological polar surface area (TPSA) is 40.5 Å². The summed E-state index contributed by atoms with van der Waals surface area (Å²) in [6, 6.07) is 0. The van der Waals surface area contributed by atoms with Crippen molar-refractivity contribution in [2.24, 2.45) is 11.8 Å². The molecule has 76 valence electrons. The molecule has 0 aromatic rings. The van der Waals surface area contributed by atoms with Crippen LogP contribution >= 0.6 is 0 Å². The molecule has 3 aliphatic rings. The van der Waals surface area contributed by atoms with Crippen LogP contribution in [0.25, 0.3) is 0 Å². The Kier molecular flexibility index (Phi) is 2.37. The van der Waals surface area contributed by atoms with Crippen LogP contribution in [-0.2, 0) is 0 Å². The normalized spacial score (nSPS) is 44.5. The molecule has 2 heteroatoms. The Bertz CT molecular complexity index is 185. The van der Waals surface area contributed by atoms with Crippen LogP contribution < -0.4 is 0 Å². The lowest BCUT2D eigenvalue weighted by atomic mass is 9.76. The molecule has 2 N–H and O–H groups in total. The largest absolute Gasteiger partial charge is 0.393 e. The van der Waals surface area contributed by atoms with E-state index in [0.717, 1.165) is 44.4 Å². The van der Waals surface area contributed by atoms with E-state index in [4.69, 9.17) is 0 Å². The highest BCUT2D eigenvalue weighted by Crippen LogP contribution is 2.57. The number of aliphatic hydroxyl groups excluding tert-OH is 1. The molecule has 0 amide bonds. The first-order valence-electron chi connectivity index (χ1n) is 5.54. The van der Waals surface area contributed by atoms with Crippen LogP contribution in [0.3, 0.4) is 0 Å². The Hall–Kier alpha value is -0.0800. The minimum absolute atomic E-state index is 0.182. The van der Waals surface area contributed by atoms with Gasteiger partial charge in [-0.3, -0.25) is 0 Å². The SMILES string of the molecule is CCCC(O)CC1CC2CC1(O)C2. The van der Waals surface area contributed by atoms with Gasteiger partial charge in [0.25, 0.3) is 0 Å². The summed E-state index contributed by atoms with van der Waals surface area (Å²) >= 11 is 0. The van der Waals surface area contributed by atoms with Gasteiger partial charge in [0, 0.05) is 0 Å². The van der Waals surface area contributed by atoms with Crippen molar-refractivity contribution in [3.05, 3.63) is 0 Å². The molecule has 2 atom stereocenters. The zero-order valence-corrected chi connectivity index (χ0v) is 8.37. The van der Waals surface area contributed by atoms with Crippen molar-refractivity contribution >= 4 is 0 Å². The third-order valence-electron chi connectivity index (χ3n) is 3.84. The van der Waals surface area contributed by atoms with Crippen LogP contribution in [0.2, 0.25) is 0 Å². The van der Waals surface area contributed by atoms with Crippen molar-refractivity contribution in [2.75, 3.05) is 0 Å². The molecule has 0 aliphatic heterocycles. The molecular formula is C11H20O2. The van der Waals surface area contributed by atoms with E-state index in [1.807, 2.05) is 0 Å². The van der Waals surface area contributed by atoms with Gasteiger partial charge in [-0.2, -0.15) is 0 Å². The Balaban J connectivity index is 1.82. The highest BCUT2D eigenvalue weighted by Gasteiger charge is 2.55. The zero-order chi connectivity index (χ0) is 9.47. The second kappa shape index (κ2) is 3.25. The molecule has 3 fully saturated rings. The van der Waals surface area contributed by atoms with E-state index < -0.39 is 0 Å². The fourth-order valence-electron chi connectivity index (χ4n) is 3.16. The second-order valence-electron chi connectivity index (χ2n) is 4.99. The fraction of sp³-hybridized carbons (Fsp3) is 1.00. The predicted molar refractivity (Wildman–Crippen MR) is 51.3 cm³/mol. The molecule has 13 heavy (non-hydrogen) atoms. The summed E-state index contributed by atoms with van der Waals surface area (Å²) in [6.07, 6.45) is 5.70. The lowest BCUT2D eigenvalue weighted by molar-refractivity contribution is -0.0596. The van der Waals surface area contributed by atoms with Gasteiger partial charge in [-0.15, -0.1) is 0 Å². The molecule has 3 aliphatic carbocycles. The lowest BCUT2D eigenvalue weighted by Gasteiger charge is -2.36. The minimum atomic E-state index is -0.376. The highest BCUT2D eigenvalue weighted by atomic mass is 16.3. The number of hydrogen-bond donors (Lipinski definition) is 2. The van der Waals surface area contributed by atoms with Crippen molar-refractivity contribution in [1.29, 1.82) is 0 Å². The Morgan fingerprint density at radius 2 is 2.15 bits per heavy atom. The van der Waals surface area contributed by atoms with Crippen molar-refractivity contribution in [3.63, 3.8) is 0 Å². The van der Waals surface area contributed by atoms with Gasteiger partial charge in [-0.05, 0) is 43.9 Å². The minimum Gasteiger partial charge on any atom is -0.393 e. The Morgan fingerprint density at radius 3 is 2.62 bits per heavy atom. The number of aliphatic hydroxyl groups is 2. The molecule has 0 radical (unpaired) electrons. The van der Waals surface area contributed by atoms with Crippen LogP contribution in [0.5, 0.6) is 0 Å². The predicted octanol–water partition coefficient (Wildman–Crippen LogP) is 1.70. The van der Waals surface area contributed by atoms with Crippen LogP contribution in [0.4, 0.5) is 0 Å². The molecule has 0 spiro atoms. The maximum absolute atomic E-state index is 10.0. The monoisotopic (exact) mass is 184 g/mol. The maximum atomic E-state index is 10.0. The van der Waals surface area contributed by atoms with Gasteiger partial charge in [-0.1, -0.05) is 13.3 Å². The third-order valence-corrected chi connectivity index (χ3v) is 3.84. The molecule has 3 rings (SSSR count). The average molecular weight is 184 g/mol. The van der Waals surface area contributed by atoms with Crippen LogP contribution in [0.15, 0.2) is 0 Å². The van der Waals surface area contributed by atoms with Crippen molar-refractivity contribution in [3.8, 4) is 0 Å². The van der Waals surface area contributed by atoms with E-state index in [-0.39, 0.29) is 11.7 Å². The summed E-state index contributed by atoms with van der Waals surface area (Å²) in [4.78, 5) is 0. The summed E-state index contributed by atoms with van der Waals surface area (Å²) in [5, 5.41) is 19.7. The van der Waals surface area contributed by atoms with Gasteiger partial charge >= 0.3 is 0 Å². The average Bonchev–Trinajstić information content (AvgIpc) is 2.41. The summed E-state index contributed by atoms with van der Waals surface area (Å²) in [5.74, 6) is 1.16. The first kappa shape index (κ1) is 9.47. The van der Waals surface area contributed by atoms with E-state index in [2.05, 4.69) is 6.92 Å². The Morgan fingerprint density at radius 1 is 1.46 bits per heavy atom. The van der Waals surface area contributed by atoms with E-state index in [0.29, 0.717) is 5.92 Å². The molecule has 0 aromatic carbocycles. The fourth-order valence-corrected chi connectivity index (χ4v) is 3.16. The third kappa shape index (κ3) is 1.62. The number of rotatable bonds is 4. The standard InChI is InChI=1S/C11H20O2/c1-2-3-10(12)5-9-4-8-6-11(9,13)7-8/h8-10,12-13H,2-7H2,1H3. The van der Waals surface area contributed by atoms with Gasteiger partial charge in [0.05, 0.1) is 11.7 Å². The van der Waals surface area contributed by atoms with Gasteiger partial charge in [0.2, 0.25) is 0 Å². The summed E-state index contributed by atoms with van der Waals surface area (Å²) in [5.41, 5.74) is -0.376.